The molecule has 18 heavy (non-hydrogen) atoms. The summed E-state index contributed by atoms with van der Waals surface area (Å²) in [5.74, 6) is -1.97. The summed E-state index contributed by atoms with van der Waals surface area (Å²) in [5.41, 5.74) is 4.69. The topological polar surface area (TPSA) is 89.6 Å². The van der Waals surface area contributed by atoms with Crippen molar-refractivity contribution in [2.75, 3.05) is 5.73 Å². The summed E-state index contributed by atoms with van der Waals surface area (Å²) in [6.07, 6.45) is 0. The third kappa shape index (κ3) is 3.13. The predicted molar refractivity (Wildman–Crippen MR) is 68.0 cm³/mol. The standard InChI is InChI=1S/C12H14ClNO4/c1-12(2,3)18-11(17)8-7(14)5-4-6(9(8)13)10(15)16/h4-5H,14H2,1-3H3,(H,15,16). The molecule has 1 aromatic rings. The van der Waals surface area contributed by atoms with Crippen LogP contribution in [0.4, 0.5) is 5.69 Å². The quantitative estimate of drug-likeness (QED) is 0.637. The fraction of sp³-hybridized carbons (Fsp3) is 0.333. The van der Waals surface area contributed by atoms with Gasteiger partial charge in [-0.25, -0.2) is 9.59 Å². The van der Waals surface area contributed by atoms with Crippen molar-refractivity contribution >= 4 is 29.2 Å². The fourth-order valence-electron chi connectivity index (χ4n) is 1.29. The summed E-state index contributed by atoms with van der Waals surface area (Å²) in [7, 11) is 0. The van der Waals surface area contributed by atoms with E-state index in [0.717, 1.165) is 0 Å². The molecule has 0 spiro atoms. The summed E-state index contributed by atoms with van der Waals surface area (Å²) < 4.78 is 5.12. The van der Waals surface area contributed by atoms with Crippen LogP contribution in [0.15, 0.2) is 12.1 Å². The third-order valence-electron chi connectivity index (χ3n) is 2.01. The van der Waals surface area contributed by atoms with Crippen molar-refractivity contribution in [2.45, 2.75) is 26.4 Å². The van der Waals surface area contributed by atoms with Crippen LogP contribution in [0.2, 0.25) is 5.02 Å². The lowest BCUT2D eigenvalue weighted by Crippen LogP contribution is -2.25. The highest BCUT2D eigenvalue weighted by Gasteiger charge is 2.25. The number of rotatable bonds is 2. The minimum absolute atomic E-state index is 0.0826. The maximum absolute atomic E-state index is 11.9. The normalized spacial score (nSPS) is 11.1. The first kappa shape index (κ1) is 14.3. The number of nitrogen functional groups attached to an aromatic ring is 1. The Morgan fingerprint density at radius 2 is 1.89 bits per heavy atom. The van der Waals surface area contributed by atoms with Gasteiger partial charge in [0.1, 0.15) is 11.2 Å². The van der Waals surface area contributed by atoms with Crippen LogP contribution in [-0.2, 0) is 4.74 Å². The zero-order chi connectivity index (χ0) is 14.1. The summed E-state index contributed by atoms with van der Waals surface area (Å²) in [6.45, 7) is 5.07. The Kier molecular flexibility index (Phi) is 3.86. The van der Waals surface area contributed by atoms with E-state index in [1.165, 1.54) is 12.1 Å². The molecule has 0 saturated carbocycles. The molecule has 0 aliphatic heterocycles. The van der Waals surface area contributed by atoms with Crippen molar-refractivity contribution in [3.63, 3.8) is 0 Å². The van der Waals surface area contributed by atoms with E-state index >= 15 is 0 Å². The minimum atomic E-state index is -1.23. The van der Waals surface area contributed by atoms with Crippen LogP contribution in [-0.4, -0.2) is 22.6 Å². The van der Waals surface area contributed by atoms with Gasteiger partial charge >= 0.3 is 11.9 Å². The highest BCUT2D eigenvalue weighted by molar-refractivity contribution is 6.37. The first-order valence-electron chi connectivity index (χ1n) is 5.18. The number of anilines is 1. The number of carbonyl (C=O) groups is 2. The maximum Gasteiger partial charge on any atom is 0.342 e. The largest absolute Gasteiger partial charge is 0.478 e. The van der Waals surface area contributed by atoms with Gasteiger partial charge in [0, 0.05) is 5.69 Å². The Morgan fingerprint density at radius 3 is 2.33 bits per heavy atom. The average molecular weight is 272 g/mol. The van der Waals surface area contributed by atoms with Gasteiger partial charge in [-0.15, -0.1) is 0 Å². The fourth-order valence-corrected chi connectivity index (χ4v) is 1.62. The second kappa shape index (κ2) is 4.86. The number of carbonyl (C=O) groups excluding carboxylic acids is 1. The van der Waals surface area contributed by atoms with E-state index in [1.807, 2.05) is 0 Å². The molecule has 6 heteroatoms. The van der Waals surface area contributed by atoms with Crippen LogP contribution in [0.5, 0.6) is 0 Å². The Hall–Kier alpha value is -1.75. The monoisotopic (exact) mass is 271 g/mol. The lowest BCUT2D eigenvalue weighted by atomic mass is 10.1. The van der Waals surface area contributed by atoms with Gasteiger partial charge in [0.2, 0.25) is 0 Å². The van der Waals surface area contributed by atoms with E-state index in [0.29, 0.717) is 0 Å². The summed E-state index contributed by atoms with van der Waals surface area (Å²) in [4.78, 5) is 22.8. The number of esters is 1. The van der Waals surface area contributed by atoms with Crippen molar-refractivity contribution in [2.24, 2.45) is 0 Å². The number of benzene rings is 1. The molecular weight excluding hydrogens is 258 g/mol. The molecule has 0 aliphatic carbocycles. The van der Waals surface area contributed by atoms with E-state index in [9.17, 15) is 9.59 Å². The maximum atomic E-state index is 11.9. The van der Waals surface area contributed by atoms with Gasteiger partial charge in [-0.2, -0.15) is 0 Å². The molecule has 0 atom stereocenters. The van der Waals surface area contributed by atoms with Crippen LogP contribution < -0.4 is 5.73 Å². The van der Waals surface area contributed by atoms with Crippen LogP contribution >= 0.6 is 11.6 Å². The van der Waals surface area contributed by atoms with Crippen molar-refractivity contribution in [3.05, 3.63) is 28.3 Å². The molecule has 1 rings (SSSR count). The number of halogens is 1. The molecule has 0 heterocycles. The molecule has 0 fully saturated rings. The number of hydrogen-bond donors (Lipinski definition) is 2. The SMILES string of the molecule is CC(C)(C)OC(=O)c1c(N)ccc(C(=O)O)c1Cl. The molecule has 5 nitrogen and oxygen atoms in total. The van der Waals surface area contributed by atoms with Crippen LogP contribution in [0, 0.1) is 0 Å². The Morgan fingerprint density at radius 1 is 1.33 bits per heavy atom. The summed E-state index contributed by atoms with van der Waals surface area (Å²) in [5, 5.41) is 8.71. The van der Waals surface area contributed by atoms with Gasteiger partial charge in [0.25, 0.3) is 0 Å². The molecule has 0 aromatic heterocycles. The summed E-state index contributed by atoms with van der Waals surface area (Å²) in [6, 6.07) is 2.56. The van der Waals surface area contributed by atoms with Gasteiger partial charge in [-0.3, -0.25) is 0 Å². The minimum Gasteiger partial charge on any atom is -0.478 e. The first-order valence-corrected chi connectivity index (χ1v) is 5.56. The number of hydrogen-bond acceptors (Lipinski definition) is 4. The van der Waals surface area contributed by atoms with Gasteiger partial charge < -0.3 is 15.6 Å². The van der Waals surface area contributed by atoms with Crippen molar-refractivity contribution < 1.29 is 19.4 Å². The number of carboxylic acid groups (broad SMARTS) is 1. The van der Waals surface area contributed by atoms with Crippen molar-refractivity contribution in [1.29, 1.82) is 0 Å². The van der Waals surface area contributed by atoms with E-state index in [2.05, 4.69) is 0 Å². The Balaban J connectivity index is 3.28. The zero-order valence-corrected chi connectivity index (χ0v) is 11.0. The molecule has 0 unspecified atom stereocenters. The molecule has 0 amide bonds. The smallest absolute Gasteiger partial charge is 0.342 e. The van der Waals surface area contributed by atoms with Crippen LogP contribution in [0.1, 0.15) is 41.5 Å². The number of aromatic carboxylic acids is 1. The van der Waals surface area contributed by atoms with Crippen molar-refractivity contribution in [3.8, 4) is 0 Å². The lowest BCUT2D eigenvalue weighted by molar-refractivity contribution is 0.00710. The second-order valence-corrected chi connectivity index (χ2v) is 5.08. The van der Waals surface area contributed by atoms with Gasteiger partial charge in [-0.05, 0) is 32.9 Å². The number of carboxylic acids is 1. The van der Waals surface area contributed by atoms with Gasteiger partial charge in [-0.1, -0.05) is 11.6 Å². The molecule has 0 bridgehead atoms. The third-order valence-corrected chi connectivity index (χ3v) is 2.40. The first-order chi connectivity index (χ1) is 8.13. The second-order valence-electron chi connectivity index (χ2n) is 4.70. The van der Waals surface area contributed by atoms with E-state index in [-0.39, 0.29) is 21.8 Å². The molecule has 0 aliphatic rings. The van der Waals surface area contributed by atoms with Gasteiger partial charge in [0.05, 0.1) is 10.6 Å². The Labute approximate surface area is 109 Å². The van der Waals surface area contributed by atoms with Crippen LogP contribution in [0.3, 0.4) is 0 Å². The van der Waals surface area contributed by atoms with Crippen molar-refractivity contribution in [1.82, 2.24) is 0 Å². The van der Waals surface area contributed by atoms with E-state index in [1.54, 1.807) is 20.8 Å². The lowest BCUT2D eigenvalue weighted by Gasteiger charge is -2.20. The molecule has 1 aromatic carbocycles. The van der Waals surface area contributed by atoms with Crippen LogP contribution in [0.25, 0.3) is 0 Å². The Bertz CT molecular complexity index is 506. The molecular formula is C12H14ClNO4. The zero-order valence-electron chi connectivity index (χ0n) is 10.3. The summed E-state index contributed by atoms with van der Waals surface area (Å²) >= 11 is 5.87. The average Bonchev–Trinajstić information content (AvgIpc) is 2.13. The number of nitrogens with two attached hydrogens (primary N) is 1. The van der Waals surface area contributed by atoms with E-state index < -0.39 is 17.5 Å². The molecule has 98 valence electrons. The molecule has 3 N–H and O–H groups in total. The molecule has 0 radical (unpaired) electrons. The highest BCUT2D eigenvalue weighted by Crippen LogP contribution is 2.28. The molecule has 0 saturated heterocycles. The number of ether oxygens (including phenoxy) is 1. The van der Waals surface area contributed by atoms with Gasteiger partial charge in [0.15, 0.2) is 0 Å². The highest BCUT2D eigenvalue weighted by atomic mass is 35.5. The van der Waals surface area contributed by atoms with E-state index in [4.69, 9.17) is 27.2 Å². The predicted octanol–water partition coefficient (Wildman–Crippen LogP) is 2.58.